The molecule has 10 heteroatoms. The van der Waals surface area contributed by atoms with E-state index in [1.807, 2.05) is 0 Å². The number of aromatic nitrogens is 5. The highest BCUT2D eigenvalue weighted by Crippen LogP contribution is 2.19. The second kappa shape index (κ2) is 5.15. The van der Waals surface area contributed by atoms with Gasteiger partial charge in [0.05, 0.1) is 5.69 Å². The molecule has 0 bridgehead atoms. The third kappa shape index (κ3) is 2.51. The zero-order chi connectivity index (χ0) is 15.7. The number of rotatable bonds is 4. The zero-order valence-electron chi connectivity index (χ0n) is 11.3. The van der Waals surface area contributed by atoms with E-state index >= 15 is 0 Å². The van der Waals surface area contributed by atoms with Crippen LogP contribution >= 0.6 is 0 Å². The third-order valence-electron chi connectivity index (χ3n) is 2.80. The second-order valence-corrected chi connectivity index (χ2v) is 5.93. The molecule has 1 N–H and O–H groups in total. The van der Waals surface area contributed by atoms with Crippen LogP contribution in [0.5, 0.6) is 0 Å². The minimum atomic E-state index is -4.04. The molecular formula is C12H10N6O3S. The number of para-hydroxylation sites is 1. The summed E-state index contributed by atoms with van der Waals surface area (Å²) in [5.41, 5.74) is 0.426. The zero-order valence-corrected chi connectivity index (χ0v) is 12.1. The Labute approximate surface area is 125 Å². The van der Waals surface area contributed by atoms with E-state index in [1.165, 1.54) is 31.7 Å². The Bertz CT molecular complexity index is 933. The summed E-state index contributed by atoms with van der Waals surface area (Å²) in [6.07, 6.45) is 2.52. The van der Waals surface area contributed by atoms with E-state index in [9.17, 15) is 13.2 Å². The molecule has 0 aliphatic rings. The SMILES string of the molecule is CC(=O)c1ccccc1NS(=O)(=O)c1nc2ncncn2n1. The molecule has 0 fully saturated rings. The predicted molar refractivity (Wildman–Crippen MR) is 75.8 cm³/mol. The van der Waals surface area contributed by atoms with Crippen LogP contribution in [0, 0.1) is 0 Å². The van der Waals surface area contributed by atoms with Crippen molar-refractivity contribution >= 4 is 27.3 Å². The molecule has 2 aromatic heterocycles. The molecule has 2 heterocycles. The highest BCUT2D eigenvalue weighted by Gasteiger charge is 2.22. The highest BCUT2D eigenvalue weighted by atomic mass is 32.2. The van der Waals surface area contributed by atoms with Gasteiger partial charge in [-0.25, -0.2) is 4.98 Å². The molecule has 22 heavy (non-hydrogen) atoms. The number of sulfonamides is 1. The molecule has 0 radical (unpaired) electrons. The largest absolute Gasteiger partial charge is 0.299 e. The first-order valence-electron chi connectivity index (χ1n) is 6.12. The molecule has 0 aliphatic heterocycles. The van der Waals surface area contributed by atoms with Gasteiger partial charge in [0.25, 0.3) is 21.0 Å². The average molecular weight is 318 g/mol. The van der Waals surface area contributed by atoms with E-state index in [0.29, 0.717) is 0 Å². The van der Waals surface area contributed by atoms with E-state index in [2.05, 4.69) is 24.8 Å². The van der Waals surface area contributed by atoms with Crippen LogP contribution in [-0.4, -0.2) is 38.8 Å². The van der Waals surface area contributed by atoms with Gasteiger partial charge in [0.1, 0.15) is 12.7 Å². The molecule has 0 unspecified atom stereocenters. The third-order valence-corrected chi connectivity index (χ3v) is 3.94. The van der Waals surface area contributed by atoms with E-state index < -0.39 is 15.2 Å². The van der Waals surface area contributed by atoms with Crippen LogP contribution in [0.3, 0.4) is 0 Å². The molecule has 1 aromatic carbocycles. The lowest BCUT2D eigenvalue weighted by atomic mass is 10.1. The Morgan fingerprint density at radius 2 is 2.05 bits per heavy atom. The molecule has 0 atom stereocenters. The highest BCUT2D eigenvalue weighted by molar-refractivity contribution is 7.92. The minimum absolute atomic E-state index is 0.107. The van der Waals surface area contributed by atoms with Crippen LogP contribution in [0.15, 0.2) is 42.1 Å². The van der Waals surface area contributed by atoms with E-state index in [4.69, 9.17) is 0 Å². The van der Waals surface area contributed by atoms with Gasteiger partial charge in [-0.2, -0.15) is 22.9 Å². The summed E-state index contributed by atoms with van der Waals surface area (Å²) < 4.78 is 28.1. The smallest absolute Gasteiger partial charge is 0.294 e. The van der Waals surface area contributed by atoms with Gasteiger partial charge in [-0.3, -0.25) is 9.52 Å². The Morgan fingerprint density at radius 3 is 2.77 bits per heavy atom. The van der Waals surface area contributed by atoms with Crippen molar-refractivity contribution in [2.24, 2.45) is 0 Å². The Balaban J connectivity index is 2.02. The second-order valence-electron chi connectivity index (χ2n) is 4.36. The van der Waals surface area contributed by atoms with Crippen molar-refractivity contribution < 1.29 is 13.2 Å². The van der Waals surface area contributed by atoms with Crippen molar-refractivity contribution in [1.29, 1.82) is 0 Å². The molecule has 0 spiro atoms. The summed E-state index contributed by atoms with van der Waals surface area (Å²) in [4.78, 5) is 22.9. The van der Waals surface area contributed by atoms with Crippen molar-refractivity contribution in [3.8, 4) is 0 Å². The van der Waals surface area contributed by atoms with Crippen LogP contribution < -0.4 is 4.72 Å². The van der Waals surface area contributed by atoms with Gasteiger partial charge in [0.15, 0.2) is 5.78 Å². The van der Waals surface area contributed by atoms with Crippen LogP contribution in [0.2, 0.25) is 0 Å². The van der Waals surface area contributed by atoms with Gasteiger partial charge < -0.3 is 0 Å². The standard InChI is InChI=1S/C12H10N6O3S/c1-8(19)9-4-2-3-5-10(9)17-22(20,21)12-15-11-14-6-13-7-18(11)16-12/h2-7,17H,1H3. The number of carbonyl (C=O) groups is 1. The summed E-state index contributed by atoms with van der Waals surface area (Å²) in [6, 6.07) is 6.28. The number of anilines is 1. The topological polar surface area (TPSA) is 119 Å². The summed E-state index contributed by atoms with van der Waals surface area (Å²) >= 11 is 0. The molecule has 112 valence electrons. The first-order chi connectivity index (χ1) is 10.5. The van der Waals surface area contributed by atoms with Crippen molar-refractivity contribution in [2.75, 3.05) is 4.72 Å². The number of carbonyl (C=O) groups excluding carboxylic acids is 1. The minimum Gasteiger partial charge on any atom is -0.294 e. The first kappa shape index (κ1) is 14.1. The Hall–Kier alpha value is -2.88. The molecule has 0 aliphatic carbocycles. The van der Waals surface area contributed by atoms with Crippen LogP contribution in [-0.2, 0) is 10.0 Å². The normalized spacial score (nSPS) is 11.5. The maximum Gasteiger partial charge on any atom is 0.299 e. The maximum absolute atomic E-state index is 12.3. The number of fused-ring (bicyclic) bond motifs is 1. The molecular weight excluding hydrogens is 308 g/mol. The van der Waals surface area contributed by atoms with Gasteiger partial charge in [0, 0.05) is 5.56 Å². The van der Waals surface area contributed by atoms with Gasteiger partial charge >= 0.3 is 0 Å². The number of nitrogens with one attached hydrogen (secondary N) is 1. The van der Waals surface area contributed by atoms with Crippen molar-refractivity contribution in [3.63, 3.8) is 0 Å². The van der Waals surface area contributed by atoms with E-state index in [0.717, 1.165) is 4.52 Å². The predicted octanol–water partition coefficient (Wildman–Crippen LogP) is 0.523. The summed E-state index contributed by atoms with van der Waals surface area (Å²) in [5, 5.41) is 3.35. The summed E-state index contributed by atoms with van der Waals surface area (Å²) in [5.74, 6) is -0.151. The number of hydrogen-bond acceptors (Lipinski definition) is 7. The van der Waals surface area contributed by atoms with Gasteiger partial charge in [-0.1, -0.05) is 12.1 Å². The van der Waals surface area contributed by atoms with Crippen LogP contribution in [0.4, 0.5) is 5.69 Å². The Kier molecular flexibility index (Phi) is 3.29. The first-order valence-corrected chi connectivity index (χ1v) is 7.61. The fourth-order valence-corrected chi connectivity index (χ4v) is 2.78. The number of ketones is 1. The lowest BCUT2D eigenvalue weighted by molar-refractivity contribution is 0.101. The summed E-state index contributed by atoms with van der Waals surface area (Å²) in [7, 11) is -4.04. The number of nitrogens with zero attached hydrogens (tertiary/aromatic N) is 5. The fraction of sp³-hybridized carbons (Fsp3) is 0.0833. The van der Waals surface area contributed by atoms with Crippen molar-refractivity contribution in [3.05, 3.63) is 42.5 Å². The number of benzene rings is 1. The molecule has 0 amide bonds. The fourth-order valence-electron chi connectivity index (χ4n) is 1.82. The van der Waals surface area contributed by atoms with Gasteiger partial charge in [-0.15, -0.1) is 5.10 Å². The average Bonchev–Trinajstić information content (AvgIpc) is 2.92. The quantitative estimate of drug-likeness (QED) is 0.696. The maximum atomic E-state index is 12.3. The number of Topliss-reactive ketones (excluding diaryl/α,β-unsaturated/α-hetero) is 1. The summed E-state index contributed by atoms with van der Waals surface area (Å²) in [6.45, 7) is 1.35. The van der Waals surface area contributed by atoms with Crippen molar-refractivity contribution in [2.45, 2.75) is 12.1 Å². The van der Waals surface area contributed by atoms with Crippen molar-refractivity contribution in [1.82, 2.24) is 24.6 Å². The molecule has 0 saturated carbocycles. The number of hydrogen-bond donors (Lipinski definition) is 1. The lowest BCUT2D eigenvalue weighted by Gasteiger charge is -2.08. The van der Waals surface area contributed by atoms with E-state index in [1.54, 1.807) is 12.1 Å². The molecule has 3 aromatic rings. The molecule has 0 saturated heterocycles. The molecule has 3 rings (SSSR count). The molecule has 9 nitrogen and oxygen atoms in total. The van der Waals surface area contributed by atoms with Crippen LogP contribution in [0.1, 0.15) is 17.3 Å². The monoisotopic (exact) mass is 318 g/mol. The van der Waals surface area contributed by atoms with Gasteiger partial charge in [-0.05, 0) is 19.1 Å². The lowest BCUT2D eigenvalue weighted by Crippen LogP contribution is -2.16. The van der Waals surface area contributed by atoms with E-state index in [-0.39, 0.29) is 22.8 Å². The van der Waals surface area contributed by atoms with Crippen LogP contribution in [0.25, 0.3) is 5.78 Å². The van der Waals surface area contributed by atoms with Gasteiger partial charge in [0.2, 0.25) is 0 Å². The Morgan fingerprint density at radius 1 is 1.27 bits per heavy atom.